The molecule has 0 fully saturated rings. The van der Waals surface area contributed by atoms with Gasteiger partial charge in [-0.1, -0.05) is 13.8 Å². The number of imidazole rings is 1. The van der Waals surface area contributed by atoms with Crippen molar-refractivity contribution in [2.45, 2.75) is 38.8 Å². The van der Waals surface area contributed by atoms with Crippen molar-refractivity contribution >= 4 is 10.0 Å². The van der Waals surface area contributed by atoms with Crippen LogP contribution in [0.5, 0.6) is 0 Å². The second-order valence-corrected chi connectivity index (χ2v) is 6.72. The van der Waals surface area contributed by atoms with E-state index >= 15 is 0 Å². The zero-order chi connectivity index (χ0) is 13.8. The van der Waals surface area contributed by atoms with Crippen molar-refractivity contribution in [1.82, 2.24) is 14.3 Å². The van der Waals surface area contributed by atoms with E-state index in [2.05, 4.69) is 9.71 Å². The number of hydrogen-bond donors (Lipinski definition) is 2. The highest BCUT2D eigenvalue weighted by molar-refractivity contribution is 7.89. The average Bonchev–Trinajstić information content (AvgIpc) is 2.76. The number of aliphatic hydroxyl groups excluding tert-OH is 1. The summed E-state index contributed by atoms with van der Waals surface area (Å²) < 4.78 is 28.2. The van der Waals surface area contributed by atoms with Gasteiger partial charge in [0, 0.05) is 25.9 Å². The molecule has 0 unspecified atom stereocenters. The quantitative estimate of drug-likeness (QED) is 0.763. The third-order valence-electron chi connectivity index (χ3n) is 2.78. The molecule has 0 bridgehead atoms. The predicted octanol–water partition coefficient (Wildman–Crippen LogP) is 0.590. The van der Waals surface area contributed by atoms with Gasteiger partial charge >= 0.3 is 0 Å². The molecule has 0 aromatic carbocycles. The van der Waals surface area contributed by atoms with Gasteiger partial charge in [0.25, 0.3) is 10.0 Å². The molecule has 2 N–H and O–H groups in total. The Morgan fingerprint density at radius 2 is 2.17 bits per heavy atom. The van der Waals surface area contributed by atoms with Gasteiger partial charge in [-0.15, -0.1) is 0 Å². The molecule has 0 saturated heterocycles. The lowest BCUT2D eigenvalue weighted by Gasteiger charge is -2.23. The minimum atomic E-state index is -3.56. The minimum absolute atomic E-state index is 0.0316. The highest BCUT2D eigenvalue weighted by Gasteiger charge is 2.23. The number of aromatic nitrogens is 2. The summed E-state index contributed by atoms with van der Waals surface area (Å²) in [5.41, 5.74) is -0.283. The van der Waals surface area contributed by atoms with Crippen LogP contribution in [0.15, 0.2) is 17.6 Å². The molecule has 0 aliphatic carbocycles. The van der Waals surface area contributed by atoms with Crippen LogP contribution in [0.2, 0.25) is 0 Å². The van der Waals surface area contributed by atoms with Crippen LogP contribution in [-0.4, -0.2) is 36.2 Å². The van der Waals surface area contributed by atoms with Crippen molar-refractivity contribution in [2.24, 2.45) is 5.41 Å². The van der Waals surface area contributed by atoms with E-state index in [-0.39, 0.29) is 23.6 Å². The Kier molecular flexibility index (Phi) is 4.89. The molecule has 18 heavy (non-hydrogen) atoms. The molecule has 6 nitrogen and oxygen atoms in total. The van der Waals surface area contributed by atoms with Crippen molar-refractivity contribution in [3.8, 4) is 0 Å². The maximum atomic E-state index is 12.0. The fraction of sp³-hybridized carbons (Fsp3) is 0.727. The lowest BCUT2D eigenvalue weighted by molar-refractivity contribution is 0.213. The normalized spacial score (nSPS) is 12.9. The number of aliphatic hydroxyl groups is 1. The van der Waals surface area contributed by atoms with Gasteiger partial charge in [-0.2, -0.15) is 0 Å². The van der Waals surface area contributed by atoms with Gasteiger partial charge in [0.2, 0.25) is 0 Å². The highest BCUT2D eigenvalue weighted by Crippen LogP contribution is 2.19. The van der Waals surface area contributed by atoms with Crippen molar-refractivity contribution in [1.29, 1.82) is 0 Å². The zero-order valence-corrected chi connectivity index (χ0v) is 11.9. The van der Waals surface area contributed by atoms with Crippen molar-refractivity contribution < 1.29 is 13.5 Å². The van der Waals surface area contributed by atoms with E-state index in [1.54, 1.807) is 4.57 Å². The summed E-state index contributed by atoms with van der Waals surface area (Å²) in [6, 6.07) is 0. The zero-order valence-electron chi connectivity index (χ0n) is 11.0. The van der Waals surface area contributed by atoms with Gasteiger partial charge in [0.05, 0.1) is 6.33 Å². The Morgan fingerprint density at radius 3 is 2.67 bits per heavy atom. The number of sulfonamides is 1. The monoisotopic (exact) mass is 275 g/mol. The van der Waals surface area contributed by atoms with Crippen molar-refractivity contribution in [2.75, 3.05) is 13.2 Å². The molecule has 1 rings (SSSR count). The number of nitrogens with zero attached hydrogens (tertiary/aromatic N) is 2. The second kappa shape index (κ2) is 5.81. The molecule has 0 saturated carbocycles. The Hall–Kier alpha value is -0.920. The van der Waals surface area contributed by atoms with Gasteiger partial charge in [0.1, 0.15) is 0 Å². The Labute approximate surface area is 108 Å². The van der Waals surface area contributed by atoms with Gasteiger partial charge in [-0.25, -0.2) is 18.1 Å². The highest BCUT2D eigenvalue weighted by atomic mass is 32.2. The maximum Gasteiger partial charge on any atom is 0.259 e. The second-order valence-electron chi connectivity index (χ2n) is 5.00. The molecule has 0 aliphatic rings. The van der Waals surface area contributed by atoms with Crippen LogP contribution < -0.4 is 4.72 Å². The van der Waals surface area contributed by atoms with Crippen LogP contribution >= 0.6 is 0 Å². The number of aryl methyl sites for hydroxylation is 1. The molecule has 0 atom stereocenters. The van der Waals surface area contributed by atoms with Gasteiger partial charge < -0.3 is 9.67 Å². The largest absolute Gasteiger partial charge is 0.396 e. The van der Waals surface area contributed by atoms with E-state index in [0.717, 1.165) is 0 Å². The van der Waals surface area contributed by atoms with Gasteiger partial charge in [0.15, 0.2) is 5.03 Å². The van der Waals surface area contributed by atoms with Crippen molar-refractivity contribution in [3.05, 3.63) is 12.5 Å². The summed E-state index contributed by atoms with van der Waals surface area (Å²) in [7, 11) is -3.56. The third kappa shape index (κ3) is 4.08. The van der Waals surface area contributed by atoms with E-state index < -0.39 is 10.0 Å². The average molecular weight is 275 g/mol. The van der Waals surface area contributed by atoms with E-state index in [4.69, 9.17) is 5.11 Å². The summed E-state index contributed by atoms with van der Waals surface area (Å²) >= 11 is 0. The molecule has 104 valence electrons. The topological polar surface area (TPSA) is 84.2 Å². The summed E-state index contributed by atoms with van der Waals surface area (Å²) in [5, 5.41) is 8.92. The molecule has 0 radical (unpaired) electrons. The van der Waals surface area contributed by atoms with Crippen LogP contribution in [0.4, 0.5) is 0 Å². The summed E-state index contributed by atoms with van der Waals surface area (Å²) in [6.45, 7) is 6.70. The summed E-state index contributed by atoms with van der Waals surface area (Å²) in [5.74, 6) is 0. The first-order chi connectivity index (χ1) is 8.30. The summed E-state index contributed by atoms with van der Waals surface area (Å²) in [6.07, 6.45) is 3.54. The standard InChI is InChI=1S/C11H21N3O3S/c1-4-14-7-10(12-9-14)18(16,17)13-8-11(2,3)5-6-15/h7,9,13,15H,4-6,8H2,1-3H3. The van der Waals surface area contributed by atoms with Crippen LogP contribution in [0.1, 0.15) is 27.2 Å². The Balaban J connectivity index is 2.71. The lowest BCUT2D eigenvalue weighted by Crippen LogP contribution is -2.34. The van der Waals surface area contributed by atoms with Crippen LogP contribution in [0.25, 0.3) is 0 Å². The SMILES string of the molecule is CCn1cnc(S(=O)(=O)NCC(C)(C)CCO)c1. The lowest BCUT2D eigenvalue weighted by atomic mass is 9.90. The molecule has 7 heteroatoms. The fourth-order valence-corrected chi connectivity index (χ4v) is 2.60. The molecular weight excluding hydrogens is 254 g/mol. The molecule has 1 aromatic rings. The van der Waals surface area contributed by atoms with Crippen LogP contribution in [0.3, 0.4) is 0 Å². The fourth-order valence-electron chi connectivity index (χ4n) is 1.41. The minimum Gasteiger partial charge on any atom is -0.396 e. The van der Waals surface area contributed by atoms with Crippen molar-refractivity contribution in [3.63, 3.8) is 0 Å². The van der Waals surface area contributed by atoms with E-state index in [1.165, 1.54) is 12.5 Å². The van der Waals surface area contributed by atoms with E-state index in [0.29, 0.717) is 13.0 Å². The third-order valence-corrected chi connectivity index (χ3v) is 4.07. The smallest absolute Gasteiger partial charge is 0.259 e. The van der Waals surface area contributed by atoms with Gasteiger partial charge in [-0.05, 0) is 18.8 Å². The van der Waals surface area contributed by atoms with Gasteiger partial charge in [-0.3, -0.25) is 0 Å². The number of rotatable bonds is 7. The van der Waals surface area contributed by atoms with Crippen LogP contribution in [0, 0.1) is 5.41 Å². The van der Waals surface area contributed by atoms with E-state index in [1.807, 2.05) is 20.8 Å². The Morgan fingerprint density at radius 1 is 1.50 bits per heavy atom. The molecular formula is C11H21N3O3S. The first-order valence-electron chi connectivity index (χ1n) is 5.93. The Bertz CT molecular complexity index is 479. The molecule has 0 spiro atoms. The maximum absolute atomic E-state index is 12.0. The molecule has 1 aromatic heterocycles. The predicted molar refractivity (Wildman–Crippen MR) is 68.6 cm³/mol. The molecule has 0 amide bonds. The number of hydrogen-bond acceptors (Lipinski definition) is 4. The first kappa shape index (κ1) is 15.1. The summed E-state index contributed by atoms with van der Waals surface area (Å²) in [4.78, 5) is 3.87. The first-order valence-corrected chi connectivity index (χ1v) is 7.41. The van der Waals surface area contributed by atoms with Crippen LogP contribution in [-0.2, 0) is 16.6 Å². The van der Waals surface area contributed by atoms with E-state index in [9.17, 15) is 8.42 Å². The molecule has 0 aliphatic heterocycles. The molecule has 1 heterocycles. The number of nitrogens with one attached hydrogen (secondary N) is 1.